The summed E-state index contributed by atoms with van der Waals surface area (Å²) in [7, 11) is 2.09. The van der Waals surface area contributed by atoms with Crippen LogP contribution in [-0.2, 0) is 0 Å². The van der Waals surface area contributed by atoms with Crippen LogP contribution in [0.15, 0.2) is 24.3 Å². The second-order valence-electron chi connectivity index (χ2n) is 5.78. The third-order valence-corrected chi connectivity index (χ3v) is 4.58. The van der Waals surface area contributed by atoms with Crippen LogP contribution in [0.1, 0.15) is 44.7 Å². The molecule has 0 radical (unpaired) electrons. The van der Waals surface area contributed by atoms with Gasteiger partial charge in [-0.25, -0.2) is 4.39 Å². The lowest BCUT2D eigenvalue weighted by Gasteiger charge is -2.36. The first-order valence-electron chi connectivity index (χ1n) is 7.28. The molecule has 0 saturated carbocycles. The standard InChI is InChI=1S/C16H25FN2/c1-4-16(10-7-11-18-16)12-19(3)13(2)14-8-5-6-9-15(14)17/h5-6,8-9,13,18H,4,7,10-12H2,1-3H3. The Kier molecular flexibility index (Phi) is 4.58. The molecule has 3 heteroatoms. The third kappa shape index (κ3) is 3.15. The quantitative estimate of drug-likeness (QED) is 0.877. The molecule has 19 heavy (non-hydrogen) atoms. The van der Waals surface area contributed by atoms with Crippen LogP contribution in [0.3, 0.4) is 0 Å². The number of benzene rings is 1. The first-order chi connectivity index (χ1) is 9.08. The Morgan fingerprint density at radius 3 is 2.74 bits per heavy atom. The number of hydrogen-bond donors (Lipinski definition) is 1. The molecular formula is C16H25FN2. The van der Waals surface area contributed by atoms with Crippen LogP contribution in [0.25, 0.3) is 0 Å². The van der Waals surface area contributed by atoms with Crippen LogP contribution >= 0.6 is 0 Å². The molecule has 0 aromatic heterocycles. The van der Waals surface area contributed by atoms with E-state index in [1.54, 1.807) is 12.1 Å². The fraction of sp³-hybridized carbons (Fsp3) is 0.625. The van der Waals surface area contributed by atoms with Gasteiger partial charge in [0.1, 0.15) is 5.82 Å². The van der Waals surface area contributed by atoms with E-state index in [0.717, 1.165) is 25.1 Å². The fourth-order valence-corrected chi connectivity index (χ4v) is 3.08. The Hall–Kier alpha value is -0.930. The Bertz CT molecular complexity index is 413. The molecule has 2 nitrogen and oxygen atoms in total. The first kappa shape index (κ1) is 14.5. The molecule has 2 unspecified atom stereocenters. The van der Waals surface area contributed by atoms with Crippen LogP contribution in [0.2, 0.25) is 0 Å². The zero-order chi connectivity index (χ0) is 13.9. The molecule has 1 aromatic rings. The van der Waals surface area contributed by atoms with Gasteiger partial charge < -0.3 is 5.32 Å². The van der Waals surface area contributed by atoms with Crippen molar-refractivity contribution in [2.75, 3.05) is 20.1 Å². The second kappa shape index (κ2) is 6.02. The van der Waals surface area contributed by atoms with E-state index in [-0.39, 0.29) is 17.4 Å². The predicted molar refractivity (Wildman–Crippen MR) is 77.7 cm³/mol. The maximum atomic E-state index is 13.8. The van der Waals surface area contributed by atoms with Crippen molar-refractivity contribution in [2.45, 2.75) is 44.7 Å². The van der Waals surface area contributed by atoms with Gasteiger partial charge in [-0.3, -0.25) is 4.90 Å². The number of likely N-dealkylation sites (N-methyl/N-ethyl adjacent to an activating group) is 1. The molecule has 1 aliphatic rings. The first-order valence-corrected chi connectivity index (χ1v) is 7.28. The second-order valence-corrected chi connectivity index (χ2v) is 5.78. The highest BCUT2D eigenvalue weighted by Gasteiger charge is 2.33. The Balaban J connectivity index is 2.07. The zero-order valence-electron chi connectivity index (χ0n) is 12.2. The summed E-state index contributed by atoms with van der Waals surface area (Å²) in [6.45, 7) is 6.39. The monoisotopic (exact) mass is 264 g/mol. The van der Waals surface area contributed by atoms with Crippen molar-refractivity contribution in [1.82, 2.24) is 10.2 Å². The van der Waals surface area contributed by atoms with Crippen LogP contribution in [0.5, 0.6) is 0 Å². The van der Waals surface area contributed by atoms with Crippen LogP contribution < -0.4 is 5.32 Å². The van der Waals surface area contributed by atoms with Crippen LogP contribution in [0, 0.1) is 5.82 Å². The van der Waals surface area contributed by atoms with E-state index in [2.05, 4.69) is 31.1 Å². The Labute approximate surface area is 116 Å². The number of rotatable bonds is 5. The molecule has 1 heterocycles. The average molecular weight is 264 g/mol. The molecule has 0 aliphatic carbocycles. The maximum absolute atomic E-state index is 13.8. The molecule has 1 N–H and O–H groups in total. The minimum absolute atomic E-state index is 0.104. The van der Waals surface area contributed by atoms with E-state index in [9.17, 15) is 4.39 Å². The van der Waals surface area contributed by atoms with Gasteiger partial charge >= 0.3 is 0 Å². The summed E-state index contributed by atoms with van der Waals surface area (Å²) in [5.41, 5.74) is 1.00. The maximum Gasteiger partial charge on any atom is 0.127 e. The Morgan fingerprint density at radius 1 is 1.42 bits per heavy atom. The average Bonchev–Trinajstić information content (AvgIpc) is 2.87. The summed E-state index contributed by atoms with van der Waals surface area (Å²) in [4.78, 5) is 2.26. The van der Waals surface area contributed by atoms with E-state index < -0.39 is 0 Å². The number of hydrogen-bond acceptors (Lipinski definition) is 2. The largest absolute Gasteiger partial charge is 0.310 e. The van der Waals surface area contributed by atoms with Gasteiger partial charge in [-0.1, -0.05) is 25.1 Å². The molecule has 1 aromatic carbocycles. The van der Waals surface area contributed by atoms with E-state index >= 15 is 0 Å². The molecule has 0 bridgehead atoms. The zero-order valence-corrected chi connectivity index (χ0v) is 12.2. The van der Waals surface area contributed by atoms with E-state index in [1.807, 2.05) is 12.1 Å². The lowest BCUT2D eigenvalue weighted by atomic mass is 9.92. The molecule has 1 fully saturated rings. The number of nitrogens with one attached hydrogen (secondary N) is 1. The number of nitrogens with zero attached hydrogens (tertiary/aromatic N) is 1. The van der Waals surface area contributed by atoms with Crippen molar-refractivity contribution < 1.29 is 4.39 Å². The van der Waals surface area contributed by atoms with Crippen molar-refractivity contribution in [2.24, 2.45) is 0 Å². The smallest absolute Gasteiger partial charge is 0.127 e. The van der Waals surface area contributed by atoms with Gasteiger partial charge in [-0.2, -0.15) is 0 Å². The number of halogens is 1. The summed E-state index contributed by atoms with van der Waals surface area (Å²) in [6.07, 6.45) is 3.59. The predicted octanol–water partition coefficient (Wildman–Crippen LogP) is 3.35. The highest BCUT2D eigenvalue weighted by atomic mass is 19.1. The summed E-state index contributed by atoms with van der Waals surface area (Å²) in [5, 5.41) is 3.64. The third-order valence-electron chi connectivity index (χ3n) is 4.58. The van der Waals surface area contributed by atoms with Crippen molar-refractivity contribution in [3.8, 4) is 0 Å². The van der Waals surface area contributed by atoms with E-state index in [0.29, 0.717) is 0 Å². The van der Waals surface area contributed by atoms with Gasteiger partial charge in [0.25, 0.3) is 0 Å². The minimum atomic E-state index is -0.105. The molecule has 106 valence electrons. The molecule has 0 spiro atoms. The molecule has 2 rings (SSSR count). The van der Waals surface area contributed by atoms with Crippen molar-refractivity contribution in [1.29, 1.82) is 0 Å². The van der Waals surface area contributed by atoms with Gasteiger partial charge in [0.2, 0.25) is 0 Å². The summed E-state index contributed by atoms with van der Waals surface area (Å²) < 4.78 is 13.8. The lowest BCUT2D eigenvalue weighted by Crippen LogP contribution is -2.49. The van der Waals surface area contributed by atoms with Crippen molar-refractivity contribution >= 4 is 0 Å². The summed E-state index contributed by atoms with van der Waals surface area (Å²) >= 11 is 0. The van der Waals surface area contributed by atoms with Crippen LogP contribution in [-0.4, -0.2) is 30.6 Å². The topological polar surface area (TPSA) is 15.3 Å². The van der Waals surface area contributed by atoms with Gasteiger partial charge in [-0.15, -0.1) is 0 Å². The van der Waals surface area contributed by atoms with Gasteiger partial charge in [0.15, 0.2) is 0 Å². The summed E-state index contributed by atoms with van der Waals surface area (Å²) in [5.74, 6) is -0.105. The highest BCUT2D eigenvalue weighted by molar-refractivity contribution is 5.20. The molecular weight excluding hydrogens is 239 g/mol. The normalized spacial score (nSPS) is 24.9. The van der Waals surface area contributed by atoms with Gasteiger partial charge in [-0.05, 0) is 45.8 Å². The molecule has 0 amide bonds. The highest BCUT2D eigenvalue weighted by Crippen LogP contribution is 2.28. The SMILES string of the molecule is CCC1(CN(C)C(C)c2ccccc2F)CCCN1. The molecule has 2 atom stereocenters. The van der Waals surface area contributed by atoms with Gasteiger partial charge in [0.05, 0.1) is 0 Å². The van der Waals surface area contributed by atoms with Crippen molar-refractivity contribution in [3.63, 3.8) is 0 Å². The summed E-state index contributed by atoms with van der Waals surface area (Å²) in [6, 6.07) is 7.19. The van der Waals surface area contributed by atoms with Crippen molar-refractivity contribution in [3.05, 3.63) is 35.6 Å². The molecule has 1 aliphatic heterocycles. The molecule has 1 saturated heterocycles. The van der Waals surface area contributed by atoms with E-state index in [1.165, 1.54) is 12.8 Å². The van der Waals surface area contributed by atoms with Gasteiger partial charge in [0, 0.05) is 23.7 Å². The fourth-order valence-electron chi connectivity index (χ4n) is 3.08. The van der Waals surface area contributed by atoms with Crippen LogP contribution in [0.4, 0.5) is 4.39 Å². The van der Waals surface area contributed by atoms with E-state index in [4.69, 9.17) is 0 Å². The lowest BCUT2D eigenvalue weighted by molar-refractivity contribution is 0.177. The Morgan fingerprint density at radius 2 is 2.16 bits per heavy atom. The minimum Gasteiger partial charge on any atom is -0.310 e.